The molecule has 1 saturated heterocycles. The van der Waals surface area contributed by atoms with E-state index in [0.717, 1.165) is 13.0 Å². The first-order valence-corrected chi connectivity index (χ1v) is 6.72. The molecule has 1 aliphatic heterocycles. The molecule has 0 aromatic heterocycles. The zero-order valence-electron chi connectivity index (χ0n) is 10.8. The molecule has 1 N–H and O–H groups in total. The summed E-state index contributed by atoms with van der Waals surface area (Å²) < 4.78 is 0. The Kier molecular flexibility index (Phi) is 6.46. The van der Waals surface area contributed by atoms with Crippen molar-refractivity contribution in [2.24, 2.45) is 5.92 Å². The van der Waals surface area contributed by atoms with Gasteiger partial charge in [-0.1, -0.05) is 26.2 Å². The van der Waals surface area contributed by atoms with Crippen molar-refractivity contribution in [1.82, 2.24) is 10.2 Å². The van der Waals surface area contributed by atoms with Gasteiger partial charge in [0.05, 0.1) is 5.92 Å². The third-order valence-corrected chi connectivity index (χ3v) is 3.45. The predicted octanol–water partition coefficient (Wildman–Crippen LogP) is 2.02. The number of hydrogen-bond acceptors (Lipinski definition) is 2. The summed E-state index contributed by atoms with van der Waals surface area (Å²) in [6.07, 6.45) is 7.48. The van der Waals surface area contributed by atoms with Gasteiger partial charge in [-0.05, 0) is 32.4 Å². The second kappa shape index (κ2) is 7.66. The number of likely N-dealkylation sites (tertiary alicyclic amines) is 1. The molecule has 1 heterocycles. The van der Waals surface area contributed by atoms with E-state index >= 15 is 0 Å². The van der Waals surface area contributed by atoms with Crippen LogP contribution in [0.5, 0.6) is 0 Å². The monoisotopic (exact) mass is 226 g/mol. The summed E-state index contributed by atoms with van der Waals surface area (Å²) in [7, 11) is 1.74. The third kappa shape index (κ3) is 4.52. The van der Waals surface area contributed by atoms with Crippen molar-refractivity contribution < 1.29 is 4.79 Å². The summed E-state index contributed by atoms with van der Waals surface area (Å²) in [6, 6.07) is 0. The first-order valence-electron chi connectivity index (χ1n) is 6.72. The number of nitrogens with zero attached hydrogens (tertiary/aromatic N) is 1. The van der Waals surface area contributed by atoms with E-state index < -0.39 is 0 Å². The zero-order chi connectivity index (χ0) is 11.8. The molecule has 3 nitrogen and oxygen atoms in total. The van der Waals surface area contributed by atoms with Crippen molar-refractivity contribution in [1.29, 1.82) is 0 Å². The van der Waals surface area contributed by atoms with Crippen LogP contribution in [-0.4, -0.2) is 37.5 Å². The third-order valence-electron chi connectivity index (χ3n) is 3.45. The first kappa shape index (κ1) is 13.5. The maximum Gasteiger partial charge on any atom is 0.224 e. The molecule has 1 atom stereocenters. The summed E-state index contributed by atoms with van der Waals surface area (Å²) in [5.74, 6) is 0.447. The van der Waals surface area contributed by atoms with Crippen LogP contribution in [-0.2, 0) is 4.79 Å². The number of unbranched alkanes of at least 4 members (excludes halogenated alkanes) is 3. The second-order valence-electron chi connectivity index (χ2n) is 4.81. The number of nitrogens with one attached hydrogen (secondary N) is 1. The normalized spacial score (nSPS) is 22.0. The van der Waals surface area contributed by atoms with E-state index in [9.17, 15) is 4.79 Å². The van der Waals surface area contributed by atoms with Crippen LogP contribution in [0.3, 0.4) is 0 Å². The standard InChI is InChI=1S/C13H26N2O/c1-3-4-5-6-9-15-10-7-8-12(11-15)13(16)14-2/h12H,3-11H2,1-2H3,(H,14,16). The van der Waals surface area contributed by atoms with Gasteiger partial charge in [0.15, 0.2) is 0 Å². The number of amides is 1. The predicted molar refractivity (Wildman–Crippen MR) is 67.4 cm³/mol. The highest BCUT2D eigenvalue weighted by atomic mass is 16.1. The molecule has 0 bridgehead atoms. The smallest absolute Gasteiger partial charge is 0.224 e. The van der Waals surface area contributed by atoms with Crippen molar-refractivity contribution >= 4 is 5.91 Å². The Hall–Kier alpha value is -0.570. The minimum Gasteiger partial charge on any atom is -0.359 e. The molecule has 0 aromatic rings. The molecular formula is C13H26N2O. The number of piperidine rings is 1. The topological polar surface area (TPSA) is 32.3 Å². The van der Waals surface area contributed by atoms with Crippen molar-refractivity contribution in [2.45, 2.75) is 45.4 Å². The minimum atomic E-state index is 0.221. The van der Waals surface area contributed by atoms with Gasteiger partial charge in [-0.15, -0.1) is 0 Å². The fraction of sp³-hybridized carbons (Fsp3) is 0.923. The van der Waals surface area contributed by atoms with Crippen molar-refractivity contribution in [2.75, 3.05) is 26.7 Å². The average Bonchev–Trinajstić information content (AvgIpc) is 2.34. The second-order valence-corrected chi connectivity index (χ2v) is 4.81. The van der Waals surface area contributed by atoms with Crippen LogP contribution in [0.15, 0.2) is 0 Å². The molecule has 0 spiro atoms. The largest absolute Gasteiger partial charge is 0.359 e. The van der Waals surface area contributed by atoms with Crippen molar-refractivity contribution in [3.8, 4) is 0 Å². The number of rotatable bonds is 6. The molecule has 0 radical (unpaired) electrons. The molecule has 16 heavy (non-hydrogen) atoms. The maximum atomic E-state index is 11.6. The summed E-state index contributed by atoms with van der Waals surface area (Å²) in [5, 5.41) is 2.77. The van der Waals surface area contributed by atoms with E-state index in [-0.39, 0.29) is 11.8 Å². The molecule has 1 aliphatic rings. The molecule has 0 aromatic carbocycles. The molecule has 1 fully saturated rings. The van der Waals surface area contributed by atoms with Gasteiger partial charge in [-0.3, -0.25) is 4.79 Å². The number of carbonyl (C=O) groups excluding carboxylic acids is 1. The maximum absolute atomic E-state index is 11.6. The van der Waals surface area contributed by atoms with Crippen molar-refractivity contribution in [3.63, 3.8) is 0 Å². The van der Waals surface area contributed by atoms with E-state index in [4.69, 9.17) is 0 Å². The van der Waals surface area contributed by atoms with Crippen LogP contribution in [0, 0.1) is 5.92 Å². The van der Waals surface area contributed by atoms with Crippen LogP contribution in [0.2, 0.25) is 0 Å². The van der Waals surface area contributed by atoms with Gasteiger partial charge >= 0.3 is 0 Å². The Labute approximate surface area is 99.6 Å². The summed E-state index contributed by atoms with van der Waals surface area (Å²) in [4.78, 5) is 14.0. The summed E-state index contributed by atoms with van der Waals surface area (Å²) in [6.45, 7) is 5.56. The van der Waals surface area contributed by atoms with E-state index in [1.54, 1.807) is 7.05 Å². The Morgan fingerprint density at radius 3 is 2.88 bits per heavy atom. The molecule has 94 valence electrons. The van der Waals surface area contributed by atoms with Gasteiger partial charge in [0.25, 0.3) is 0 Å². The molecule has 1 unspecified atom stereocenters. The van der Waals surface area contributed by atoms with Crippen LogP contribution >= 0.6 is 0 Å². The van der Waals surface area contributed by atoms with Crippen LogP contribution in [0.1, 0.15) is 45.4 Å². The van der Waals surface area contributed by atoms with Gasteiger partial charge in [-0.2, -0.15) is 0 Å². The molecule has 0 saturated carbocycles. The van der Waals surface area contributed by atoms with Gasteiger partial charge in [0.1, 0.15) is 0 Å². The average molecular weight is 226 g/mol. The lowest BCUT2D eigenvalue weighted by molar-refractivity contribution is -0.126. The van der Waals surface area contributed by atoms with Gasteiger partial charge < -0.3 is 10.2 Å². The Balaban J connectivity index is 2.20. The van der Waals surface area contributed by atoms with Crippen LogP contribution in [0.4, 0.5) is 0 Å². The van der Waals surface area contributed by atoms with Crippen molar-refractivity contribution in [3.05, 3.63) is 0 Å². The highest BCUT2D eigenvalue weighted by molar-refractivity contribution is 5.78. The molecule has 1 rings (SSSR count). The van der Waals surface area contributed by atoms with Gasteiger partial charge in [0, 0.05) is 13.6 Å². The Morgan fingerprint density at radius 2 is 2.19 bits per heavy atom. The molecule has 0 aliphatic carbocycles. The highest BCUT2D eigenvalue weighted by Crippen LogP contribution is 2.17. The van der Waals surface area contributed by atoms with E-state index in [0.29, 0.717) is 0 Å². The fourth-order valence-electron chi connectivity index (χ4n) is 2.44. The summed E-state index contributed by atoms with van der Waals surface area (Å²) >= 11 is 0. The zero-order valence-corrected chi connectivity index (χ0v) is 10.8. The minimum absolute atomic E-state index is 0.221. The fourth-order valence-corrected chi connectivity index (χ4v) is 2.44. The SMILES string of the molecule is CCCCCCN1CCCC(C(=O)NC)C1. The highest BCUT2D eigenvalue weighted by Gasteiger charge is 2.24. The van der Waals surface area contributed by atoms with E-state index in [1.165, 1.54) is 45.2 Å². The van der Waals surface area contributed by atoms with Crippen LogP contribution in [0.25, 0.3) is 0 Å². The van der Waals surface area contributed by atoms with E-state index in [2.05, 4.69) is 17.1 Å². The molecular weight excluding hydrogens is 200 g/mol. The lowest BCUT2D eigenvalue weighted by atomic mass is 9.97. The summed E-state index contributed by atoms with van der Waals surface area (Å²) in [5.41, 5.74) is 0. The lowest BCUT2D eigenvalue weighted by Crippen LogP contribution is -2.42. The first-order chi connectivity index (χ1) is 7.77. The Morgan fingerprint density at radius 1 is 1.38 bits per heavy atom. The molecule has 1 amide bonds. The number of carbonyl (C=O) groups is 1. The lowest BCUT2D eigenvalue weighted by Gasteiger charge is -2.31. The van der Waals surface area contributed by atoms with Crippen LogP contribution < -0.4 is 5.32 Å². The number of hydrogen-bond donors (Lipinski definition) is 1. The Bertz CT molecular complexity index is 206. The van der Waals surface area contributed by atoms with Gasteiger partial charge in [-0.25, -0.2) is 0 Å². The van der Waals surface area contributed by atoms with Gasteiger partial charge in [0.2, 0.25) is 5.91 Å². The van der Waals surface area contributed by atoms with E-state index in [1.807, 2.05) is 0 Å². The quantitative estimate of drug-likeness (QED) is 0.703. The molecule has 3 heteroatoms.